The van der Waals surface area contributed by atoms with E-state index in [-0.39, 0.29) is 0 Å². The predicted octanol–water partition coefficient (Wildman–Crippen LogP) is 2.50. The van der Waals surface area contributed by atoms with E-state index < -0.39 is 0 Å². The second-order valence-corrected chi connectivity index (χ2v) is 4.40. The summed E-state index contributed by atoms with van der Waals surface area (Å²) >= 11 is 0. The zero-order chi connectivity index (χ0) is 13.9. The van der Waals surface area contributed by atoms with Crippen LogP contribution < -0.4 is 15.2 Å². The van der Waals surface area contributed by atoms with Crippen molar-refractivity contribution in [1.82, 2.24) is 9.38 Å². The summed E-state index contributed by atoms with van der Waals surface area (Å²) in [6.07, 6.45) is 3.64. The summed E-state index contributed by atoms with van der Waals surface area (Å²) in [5.74, 6) is 2.38. The molecule has 0 aliphatic carbocycles. The van der Waals surface area contributed by atoms with Gasteiger partial charge in [0.05, 0.1) is 18.8 Å². The number of rotatable bonds is 4. The van der Waals surface area contributed by atoms with Crippen molar-refractivity contribution in [1.29, 1.82) is 0 Å². The maximum Gasteiger partial charge on any atom is 0.151 e. The fourth-order valence-corrected chi connectivity index (χ4v) is 1.99. The Labute approximate surface area is 116 Å². The maximum atomic E-state index is 5.79. The van der Waals surface area contributed by atoms with E-state index in [9.17, 15) is 0 Å². The van der Waals surface area contributed by atoms with E-state index in [1.54, 1.807) is 13.3 Å². The Balaban J connectivity index is 1.77. The molecule has 5 heteroatoms. The smallest absolute Gasteiger partial charge is 0.151 e. The highest BCUT2D eigenvalue weighted by Gasteiger charge is 2.05. The maximum absolute atomic E-state index is 5.79. The van der Waals surface area contributed by atoms with Gasteiger partial charge in [-0.25, -0.2) is 4.98 Å². The van der Waals surface area contributed by atoms with Gasteiger partial charge in [0.25, 0.3) is 0 Å². The van der Waals surface area contributed by atoms with Crippen LogP contribution in [0.25, 0.3) is 5.52 Å². The number of fused-ring (bicyclic) bond motifs is 1. The average molecular weight is 269 g/mol. The quantitative estimate of drug-likeness (QED) is 0.790. The van der Waals surface area contributed by atoms with Crippen LogP contribution >= 0.6 is 0 Å². The molecule has 3 rings (SSSR count). The Morgan fingerprint density at radius 3 is 2.60 bits per heavy atom. The zero-order valence-electron chi connectivity index (χ0n) is 11.1. The third-order valence-corrected chi connectivity index (χ3v) is 3.05. The lowest BCUT2D eigenvalue weighted by atomic mass is 10.3. The Bertz CT molecular complexity index is 720. The highest BCUT2D eigenvalue weighted by Crippen LogP contribution is 2.18. The summed E-state index contributed by atoms with van der Waals surface area (Å²) in [5.41, 5.74) is 7.48. The normalized spacial score (nSPS) is 10.7. The first-order chi connectivity index (χ1) is 9.76. The van der Waals surface area contributed by atoms with Crippen LogP contribution in [0.5, 0.6) is 11.5 Å². The monoisotopic (exact) mass is 269 g/mol. The molecular weight excluding hydrogens is 254 g/mol. The summed E-state index contributed by atoms with van der Waals surface area (Å²) in [6, 6.07) is 11.2. The van der Waals surface area contributed by atoms with E-state index in [0.717, 1.165) is 22.8 Å². The molecule has 0 aliphatic heterocycles. The number of nitrogen functional groups attached to an aromatic ring is 1. The van der Waals surface area contributed by atoms with E-state index in [4.69, 9.17) is 15.2 Å². The van der Waals surface area contributed by atoms with Crippen LogP contribution in [0.4, 0.5) is 5.69 Å². The van der Waals surface area contributed by atoms with E-state index in [1.807, 2.05) is 47.0 Å². The summed E-state index contributed by atoms with van der Waals surface area (Å²) in [6.45, 7) is 0.379. The number of methoxy groups -OCH3 is 1. The van der Waals surface area contributed by atoms with Crippen LogP contribution in [0, 0.1) is 0 Å². The molecule has 0 saturated carbocycles. The fourth-order valence-electron chi connectivity index (χ4n) is 1.99. The van der Waals surface area contributed by atoms with Gasteiger partial charge in [0.2, 0.25) is 0 Å². The second-order valence-electron chi connectivity index (χ2n) is 4.40. The van der Waals surface area contributed by atoms with Gasteiger partial charge in [0, 0.05) is 11.9 Å². The number of aromatic nitrogens is 2. The molecule has 2 N–H and O–H groups in total. The molecule has 3 aromatic rings. The van der Waals surface area contributed by atoms with Gasteiger partial charge in [-0.2, -0.15) is 0 Å². The molecule has 2 heterocycles. The largest absolute Gasteiger partial charge is 0.497 e. The molecule has 0 fully saturated rings. The molecule has 0 atom stereocenters. The molecule has 0 unspecified atom stereocenters. The summed E-state index contributed by atoms with van der Waals surface area (Å²) < 4.78 is 12.8. The van der Waals surface area contributed by atoms with Crippen molar-refractivity contribution in [2.45, 2.75) is 6.61 Å². The number of hydrogen-bond donors (Lipinski definition) is 1. The van der Waals surface area contributed by atoms with Gasteiger partial charge >= 0.3 is 0 Å². The van der Waals surface area contributed by atoms with Gasteiger partial charge in [0.1, 0.15) is 18.1 Å². The van der Waals surface area contributed by atoms with E-state index in [2.05, 4.69) is 4.98 Å². The van der Waals surface area contributed by atoms with Crippen LogP contribution in [0.1, 0.15) is 5.82 Å². The summed E-state index contributed by atoms with van der Waals surface area (Å²) in [5, 5.41) is 0. The molecule has 5 nitrogen and oxygen atoms in total. The molecule has 1 aromatic carbocycles. The van der Waals surface area contributed by atoms with Gasteiger partial charge in [-0.1, -0.05) is 0 Å². The number of nitrogens with zero attached hydrogens (tertiary/aromatic N) is 2. The fraction of sp³-hybridized carbons (Fsp3) is 0.133. The van der Waals surface area contributed by atoms with Crippen LogP contribution in [0.2, 0.25) is 0 Å². The van der Waals surface area contributed by atoms with Crippen LogP contribution in [0.3, 0.4) is 0 Å². The van der Waals surface area contributed by atoms with Crippen molar-refractivity contribution < 1.29 is 9.47 Å². The lowest BCUT2D eigenvalue weighted by Gasteiger charge is -2.07. The van der Waals surface area contributed by atoms with E-state index in [1.165, 1.54) is 0 Å². The topological polar surface area (TPSA) is 61.8 Å². The first-order valence-electron chi connectivity index (χ1n) is 6.24. The summed E-state index contributed by atoms with van der Waals surface area (Å²) in [7, 11) is 1.64. The molecule has 0 amide bonds. The molecule has 20 heavy (non-hydrogen) atoms. The van der Waals surface area contributed by atoms with Crippen molar-refractivity contribution in [3.63, 3.8) is 0 Å². The van der Waals surface area contributed by atoms with Gasteiger partial charge in [0.15, 0.2) is 5.82 Å². The van der Waals surface area contributed by atoms with Crippen molar-refractivity contribution in [3.05, 3.63) is 54.6 Å². The average Bonchev–Trinajstić information content (AvgIpc) is 2.88. The summed E-state index contributed by atoms with van der Waals surface area (Å²) in [4.78, 5) is 4.34. The third-order valence-electron chi connectivity index (χ3n) is 3.05. The molecule has 0 bridgehead atoms. The number of nitrogens with two attached hydrogens (primary N) is 1. The molecule has 0 saturated heterocycles. The Morgan fingerprint density at radius 2 is 1.85 bits per heavy atom. The van der Waals surface area contributed by atoms with Crippen molar-refractivity contribution in [2.75, 3.05) is 12.8 Å². The predicted molar refractivity (Wildman–Crippen MR) is 76.9 cm³/mol. The zero-order valence-corrected chi connectivity index (χ0v) is 11.1. The molecular formula is C15H15N3O2. The Hall–Kier alpha value is -2.69. The van der Waals surface area contributed by atoms with Gasteiger partial charge < -0.3 is 15.2 Å². The third kappa shape index (κ3) is 2.38. The standard InChI is InChI=1S/C15H15N3O2/c1-19-13-4-6-14(7-5-13)20-10-15-17-8-12-3-2-11(16)9-18(12)15/h2-9H,10,16H2,1H3. The highest BCUT2D eigenvalue weighted by atomic mass is 16.5. The van der Waals surface area contributed by atoms with Gasteiger partial charge in [-0.3, -0.25) is 4.40 Å². The molecule has 0 spiro atoms. The number of hydrogen-bond acceptors (Lipinski definition) is 4. The minimum atomic E-state index is 0.379. The molecule has 2 aromatic heterocycles. The van der Waals surface area contributed by atoms with Gasteiger partial charge in [-0.05, 0) is 36.4 Å². The SMILES string of the molecule is COc1ccc(OCc2ncc3ccc(N)cn23)cc1. The number of benzene rings is 1. The van der Waals surface area contributed by atoms with Crippen LogP contribution in [0.15, 0.2) is 48.8 Å². The number of imidazole rings is 1. The van der Waals surface area contributed by atoms with Crippen LogP contribution in [-0.2, 0) is 6.61 Å². The van der Waals surface area contributed by atoms with Crippen molar-refractivity contribution in [2.24, 2.45) is 0 Å². The highest BCUT2D eigenvalue weighted by molar-refractivity contribution is 5.52. The van der Waals surface area contributed by atoms with Gasteiger partial charge in [-0.15, -0.1) is 0 Å². The first kappa shape index (κ1) is 12.3. The minimum absolute atomic E-state index is 0.379. The Kier molecular flexibility index (Phi) is 3.16. The van der Waals surface area contributed by atoms with E-state index in [0.29, 0.717) is 12.3 Å². The molecule has 0 radical (unpaired) electrons. The minimum Gasteiger partial charge on any atom is -0.497 e. The Morgan fingerprint density at radius 1 is 1.10 bits per heavy atom. The number of pyridine rings is 1. The van der Waals surface area contributed by atoms with Crippen molar-refractivity contribution in [3.8, 4) is 11.5 Å². The number of anilines is 1. The van der Waals surface area contributed by atoms with Crippen molar-refractivity contribution >= 4 is 11.2 Å². The second kappa shape index (κ2) is 5.13. The molecule has 102 valence electrons. The van der Waals surface area contributed by atoms with Crippen LogP contribution in [-0.4, -0.2) is 16.5 Å². The number of ether oxygens (including phenoxy) is 2. The molecule has 0 aliphatic rings. The lowest BCUT2D eigenvalue weighted by molar-refractivity contribution is 0.294. The first-order valence-corrected chi connectivity index (χ1v) is 6.24. The van der Waals surface area contributed by atoms with E-state index >= 15 is 0 Å². The lowest BCUT2D eigenvalue weighted by Crippen LogP contribution is -2.02.